The van der Waals surface area contributed by atoms with E-state index in [1.54, 1.807) is 0 Å². The van der Waals surface area contributed by atoms with Crippen LogP contribution in [0.3, 0.4) is 0 Å². The van der Waals surface area contributed by atoms with Crippen molar-refractivity contribution in [2.24, 2.45) is 0 Å². The molecule has 0 saturated carbocycles. The van der Waals surface area contributed by atoms with Gasteiger partial charge in [0.2, 0.25) is 5.91 Å². The zero-order valence-electron chi connectivity index (χ0n) is 11.1. The molecule has 0 fully saturated rings. The molecule has 0 aromatic carbocycles. The highest BCUT2D eigenvalue weighted by molar-refractivity contribution is 5.77. The van der Waals surface area contributed by atoms with Crippen LogP contribution in [-0.2, 0) is 9.53 Å². The van der Waals surface area contributed by atoms with Gasteiger partial charge in [0, 0.05) is 5.54 Å². The van der Waals surface area contributed by atoms with Crippen molar-refractivity contribution in [1.82, 2.24) is 5.32 Å². The van der Waals surface area contributed by atoms with Crippen molar-refractivity contribution in [3.8, 4) is 0 Å². The second-order valence-corrected chi connectivity index (χ2v) is 6.04. The summed E-state index contributed by atoms with van der Waals surface area (Å²) in [6.45, 7) is 13.8. The Bertz CT molecular complexity index is 211. The molecule has 0 heterocycles. The lowest BCUT2D eigenvalue weighted by atomic mass is 10.1. The zero-order chi connectivity index (χ0) is 12.3. The van der Waals surface area contributed by atoms with Gasteiger partial charge in [-0.15, -0.1) is 0 Å². The summed E-state index contributed by atoms with van der Waals surface area (Å²) >= 11 is 0. The lowest BCUT2D eigenvalue weighted by Crippen LogP contribution is -2.42. The summed E-state index contributed by atoms with van der Waals surface area (Å²) in [7, 11) is 0. The van der Waals surface area contributed by atoms with E-state index in [1.165, 1.54) is 0 Å². The molecule has 0 radical (unpaired) electrons. The smallest absolute Gasteiger partial charge is 0.222 e. The van der Waals surface area contributed by atoms with Crippen LogP contribution in [0.1, 0.15) is 54.9 Å². The standard InChI is InChI=1S/C12H25NO2/c1-9(15-12(5,6)7)8-10(14)13-11(2,3)4/h9H,8H2,1-7H3,(H,13,14). The van der Waals surface area contributed by atoms with Gasteiger partial charge in [0.05, 0.1) is 18.1 Å². The van der Waals surface area contributed by atoms with Crippen molar-refractivity contribution in [3.63, 3.8) is 0 Å². The first-order chi connectivity index (χ1) is 6.49. The van der Waals surface area contributed by atoms with Crippen LogP contribution in [0.25, 0.3) is 0 Å². The van der Waals surface area contributed by atoms with Crippen molar-refractivity contribution in [1.29, 1.82) is 0 Å². The summed E-state index contributed by atoms with van der Waals surface area (Å²) in [5.41, 5.74) is -0.361. The molecule has 1 atom stereocenters. The second kappa shape index (κ2) is 4.97. The molecule has 1 amide bonds. The molecule has 0 spiro atoms. The highest BCUT2D eigenvalue weighted by atomic mass is 16.5. The molecule has 0 aliphatic carbocycles. The van der Waals surface area contributed by atoms with Gasteiger partial charge in [-0.3, -0.25) is 4.79 Å². The van der Waals surface area contributed by atoms with Crippen molar-refractivity contribution in [2.75, 3.05) is 0 Å². The summed E-state index contributed by atoms with van der Waals surface area (Å²) in [5.74, 6) is 0.0410. The van der Waals surface area contributed by atoms with E-state index in [1.807, 2.05) is 48.5 Å². The molecular formula is C12H25NO2. The summed E-state index contributed by atoms with van der Waals surface area (Å²) in [6, 6.07) is 0. The van der Waals surface area contributed by atoms with Crippen LogP contribution in [0.4, 0.5) is 0 Å². The van der Waals surface area contributed by atoms with E-state index in [2.05, 4.69) is 5.32 Å². The molecule has 0 bridgehead atoms. The molecule has 0 aromatic heterocycles. The van der Waals surface area contributed by atoms with E-state index in [0.717, 1.165) is 0 Å². The van der Waals surface area contributed by atoms with Crippen LogP contribution in [0.15, 0.2) is 0 Å². The Morgan fingerprint density at radius 2 is 1.67 bits per heavy atom. The van der Waals surface area contributed by atoms with E-state index in [0.29, 0.717) is 6.42 Å². The SMILES string of the molecule is CC(CC(=O)NC(C)(C)C)OC(C)(C)C. The van der Waals surface area contributed by atoms with E-state index in [4.69, 9.17) is 4.74 Å². The van der Waals surface area contributed by atoms with Gasteiger partial charge < -0.3 is 10.1 Å². The van der Waals surface area contributed by atoms with Crippen LogP contribution >= 0.6 is 0 Å². The fourth-order valence-electron chi connectivity index (χ4n) is 1.38. The Morgan fingerprint density at radius 1 is 1.20 bits per heavy atom. The lowest BCUT2D eigenvalue weighted by Gasteiger charge is -2.26. The number of carbonyl (C=O) groups is 1. The molecule has 1 N–H and O–H groups in total. The van der Waals surface area contributed by atoms with Gasteiger partial charge in [0.25, 0.3) is 0 Å². The van der Waals surface area contributed by atoms with Gasteiger partial charge in [0.1, 0.15) is 0 Å². The third-order valence-corrected chi connectivity index (χ3v) is 1.54. The lowest BCUT2D eigenvalue weighted by molar-refractivity contribution is -0.128. The predicted molar refractivity (Wildman–Crippen MR) is 62.8 cm³/mol. The number of carbonyl (C=O) groups excluding carboxylic acids is 1. The summed E-state index contributed by atoms with van der Waals surface area (Å²) in [6.07, 6.45) is 0.362. The highest BCUT2D eigenvalue weighted by Gasteiger charge is 2.20. The van der Waals surface area contributed by atoms with Crippen molar-refractivity contribution < 1.29 is 9.53 Å². The normalized spacial score (nSPS) is 14.9. The molecule has 3 nitrogen and oxygen atoms in total. The summed E-state index contributed by atoms with van der Waals surface area (Å²) in [4.78, 5) is 11.6. The number of nitrogens with one attached hydrogen (secondary N) is 1. The quantitative estimate of drug-likeness (QED) is 0.785. The van der Waals surface area contributed by atoms with Crippen LogP contribution in [0.2, 0.25) is 0 Å². The summed E-state index contributed by atoms with van der Waals surface area (Å²) < 4.78 is 5.66. The first kappa shape index (κ1) is 14.4. The zero-order valence-corrected chi connectivity index (χ0v) is 11.1. The molecule has 15 heavy (non-hydrogen) atoms. The average Bonchev–Trinajstić information content (AvgIpc) is 1.73. The molecule has 0 saturated heterocycles. The van der Waals surface area contributed by atoms with Gasteiger partial charge in [0.15, 0.2) is 0 Å². The van der Waals surface area contributed by atoms with Crippen molar-refractivity contribution >= 4 is 5.91 Å². The molecular weight excluding hydrogens is 190 g/mol. The van der Waals surface area contributed by atoms with Crippen LogP contribution in [0.5, 0.6) is 0 Å². The fraction of sp³-hybridized carbons (Fsp3) is 0.917. The minimum atomic E-state index is -0.193. The van der Waals surface area contributed by atoms with Crippen molar-refractivity contribution in [2.45, 2.75) is 72.1 Å². The number of ether oxygens (including phenoxy) is 1. The monoisotopic (exact) mass is 215 g/mol. The molecule has 1 unspecified atom stereocenters. The average molecular weight is 215 g/mol. The minimum absolute atomic E-state index is 0.0410. The molecule has 90 valence electrons. The molecule has 3 heteroatoms. The largest absolute Gasteiger partial charge is 0.372 e. The molecule has 0 rings (SSSR count). The number of amides is 1. The topological polar surface area (TPSA) is 38.3 Å². The van der Waals surface area contributed by atoms with Crippen molar-refractivity contribution in [3.05, 3.63) is 0 Å². The first-order valence-electron chi connectivity index (χ1n) is 5.48. The number of hydrogen-bond donors (Lipinski definition) is 1. The van der Waals surface area contributed by atoms with Crippen LogP contribution in [-0.4, -0.2) is 23.2 Å². The molecule has 0 aliphatic heterocycles. The molecule has 0 aliphatic rings. The maximum Gasteiger partial charge on any atom is 0.222 e. The minimum Gasteiger partial charge on any atom is -0.372 e. The highest BCUT2D eigenvalue weighted by Crippen LogP contribution is 2.13. The van der Waals surface area contributed by atoms with E-state index in [9.17, 15) is 4.79 Å². The number of rotatable bonds is 3. The van der Waals surface area contributed by atoms with Gasteiger partial charge in [-0.05, 0) is 48.5 Å². The third kappa shape index (κ3) is 9.73. The Morgan fingerprint density at radius 3 is 2.00 bits per heavy atom. The predicted octanol–water partition coefficient (Wildman–Crippen LogP) is 2.49. The van der Waals surface area contributed by atoms with Gasteiger partial charge in [-0.2, -0.15) is 0 Å². The second-order valence-electron chi connectivity index (χ2n) is 6.04. The van der Waals surface area contributed by atoms with Gasteiger partial charge in [-0.1, -0.05) is 0 Å². The number of hydrogen-bond acceptors (Lipinski definition) is 2. The van der Waals surface area contributed by atoms with E-state index >= 15 is 0 Å². The van der Waals surface area contributed by atoms with Gasteiger partial charge >= 0.3 is 0 Å². The molecule has 0 aromatic rings. The maximum absolute atomic E-state index is 11.6. The van der Waals surface area contributed by atoms with Crippen LogP contribution in [0, 0.1) is 0 Å². The Kier molecular flexibility index (Phi) is 4.78. The third-order valence-electron chi connectivity index (χ3n) is 1.54. The fourth-order valence-corrected chi connectivity index (χ4v) is 1.38. The van der Waals surface area contributed by atoms with Gasteiger partial charge in [-0.25, -0.2) is 0 Å². The van der Waals surface area contributed by atoms with E-state index < -0.39 is 0 Å². The van der Waals surface area contributed by atoms with Crippen LogP contribution < -0.4 is 5.32 Å². The maximum atomic E-state index is 11.6. The van der Waals surface area contributed by atoms with E-state index in [-0.39, 0.29) is 23.2 Å². The first-order valence-corrected chi connectivity index (χ1v) is 5.48. The Balaban J connectivity index is 3.98. The Hall–Kier alpha value is -0.570. The Labute approximate surface area is 93.6 Å². The summed E-state index contributed by atoms with van der Waals surface area (Å²) in [5, 5.41) is 2.92.